The monoisotopic (exact) mass is 432 g/mol. The summed E-state index contributed by atoms with van der Waals surface area (Å²) < 4.78 is 5.19. The Hall–Kier alpha value is -3.10. The van der Waals surface area contributed by atoms with E-state index in [1.807, 2.05) is 25.1 Å². The summed E-state index contributed by atoms with van der Waals surface area (Å²) in [4.78, 5) is 28.5. The minimum absolute atomic E-state index is 0.0451. The lowest BCUT2D eigenvalue weighted by atomic mass is 10.0. The van der Waals surface area contributed by atoms with E-state index >= 15 is 0 Å². The topological polar surface area (TPSA) is 106 Å². The van der Waals surface area contributed by atoms with Crippen LogP contribution in [0.2, 0.25) is 0 Å². The van der Waals surface area contributed by atoms with Crippen molar-refractivity contribution in [2.45, 2.75) is 19.8 Å². The largest absolute Gasteiger partial charge is 0.383 e. The van der Waals surface area contributed by atoms with Crippen LogP contribution in [0.1, 0.15) is 18.4 Å². The van der Waals surface area contributed by atoms with Crippen LogP contribution in [0.25, 0.3) is 22.0 Å². The molecule has 4 heterocycles. The van der Waals surface area contributed by atoms with Crippen molar-refractivity contribution in [3.8, 4) is 11.3 Å². The van der Waals surface area contributed by atoms with Gasteiger partial charge in [-0.15, -0.1) is 0 Å². The third-order valence-corrected chi connectivity index (χ3v) is 6.89. The Balaban J connectivity index is 1.33. The molecule has 3 aromatic heterocycles. The van der Waals surface area contributed by atoms with Crippen LogP contribution in [0, 0.1) is 18.3 Å². The standard InChI is InChI=1S/C24H28N6O2/c1-15-3-5-26-12-17(15)20-9-16-10-21(27-13-18(16)22(25)28-20)29-23(31)19-11-24(19)4-6-30(14-24)7-8-32-2/h3,5,9-10,12-13,19H,4,6-8,11,14H2,1-2H3,(H2,25,28)(H,27,29,31)/t19-,24+/m0/s1. The van der Waals surface area contributed by atoms with Crippen molar-refractivity contribution < 1.29 is 9.53 Å². The summed E-state index contributed by atoms with van der Waals surface area (Å²) in [6.07, 6.45) is 7.23. The number of aromatic nitrogens is 3. The van der Waals surface area contributed by atoms with Gasteiger partial charge in [-0.05, 0) is 60.9 Å². The normalized spacial score (nSPS) is 22.5. The molecule has 8 nitrogen and oxygen atoms in total. The molecule has 1 spiro atoms. The summed E-state index contributed by atoms with van der Waals surface area (Å²) in [5, 5.41) is 4.68. The third kappa shape index (κ3) is 3.80. The molecule has 8 heteroatoms. The Morgan fingerprint density at radius 3 is 3.06 bits per heavy atom. The molecule has 32 heavy (non-hydrogen) atoms. The number of carbonyl (C=O) groups excluding carboxylic acids is 1. The van der Waals surface area contributed by atoms with Gasteiger partial charge >= 0.3 is 0 Å². The first kappa shape index (κ1) is 20.8. The van der Waals surface area contributed by atoms with Crippen LogP contribution < -0.4 is 11.1 Å². The fourth-order valence-corrected chi connectivity index (χ4v) is 4.89. The first-order valence-corrected chi connectivity index (χ1v) is 11.0. The number of aryl methyl sites for hydroxylation is 1. The highest BCUT2D eigenvalue weighted by Crippen LogP contribution is 2.58. The fraction of sp³-hybridized carbons (Fsp3) is 0.417. The average molecular weight is 433 g/mol. The minimum atomic E-state index is 0.0451. The van der Waals surface area contributed by atoms with E-state index in [2.05, 4.69) is 25.2 Å². The number of carbonyl (C=O) groups is 1. The third-order valence-electron chi connectivity index (χ3n) is 6.89. The van der Waals surface area contributed by atoms with Gasteiger partial charge in [0.1, 0.15) is 11.6 Å². The molecule has 2 aliphatic rings. The molecule has 1 saturated heterocycles. The molecule has 1 aliphatic carbocycles. The second-order valence-corrected chi connectivity index (χ2v) is 9.00. The van der Waals surface area contributed by atoms with E-state index in [9.17, 15) is 4.79 Å². The lowest BCUT2D eigenvalue weighted by Crippen LogP contribution is -2.26. The average Bonchev–Trinajstić information content (AvgIpc) is 3.34. The van der Waals surface area contributed by atoms with Gasteiger partial charge in [0.2, 0.25) is 5.91 Å². The number of ether oxygens (including phenoxy) is 1. The molecule has 0 radical (unpaired) electrons. The number of hydrogen-bond acceptors (Lipinski definition) is 7. The predicted molar refractivity (Wildman–Crippen MR) is 124 cm³/mol. The minimum Gasteiger partial charge on any atom is -0.383 e. The number of amides is 1. The maximum absolute atomic E-state index is 13.0. The SMILES string of the molecule is COCCN1CC[C@@]2(C[C@H]2C(=O)Nc2cc3cc(-c4cnccc4C)nc(N)c3cn2)C1. The Labute approximate surface area is 187 Å². The van der Waals surface area contributed by atoms with Crippen molar-refractivity contribution in [2.24, 2.45) is 11.3 Å². The Bertz CT molecular complexity index is 1180. The molecule has 0 unspecified atom stereocenters. The number of hydrogen-bond donors (Lipinski definition) is 2. The van der Waals surface area contributed by atoms with Gasteiger partial charge in [0, 0.05) is 55.7 Å². The van der Waals surface area contributed by atoms with Gasteiger partial charge in [0.15, 0.2) is 0 Å². The molecule has 5 rings (SSSR count). The van der Waals surface area contributed by atoms with Gasteiger partial charge in [-0.1, -0.05) is 0 Å². The molecule has 3 N–H and O–H groups in total. The quantitative estimate of drug-likeness (QED) is 0.617. The van der Waals surface area contributed by atoms with E-state index in [0.29, 0.717) is 11.6 Å². The maximum atomic E-state index is 13.0. The number of pyridine rings is 3. The van der Waals surface area contributed by atoms with Crippen molar-refractivity contribution in [1.29, 1.82) is 0 Å². The van der Waals surface area contributed by atoms with E-state index in [4.69, 9.17) is 10.5 Å². The molecule has 0 aromatic carbocycles. The van der Waals surface area contributed by atoms with Crippen molar-refractivity contribution in [2.75, 3.05) is 44.4 Å². The summed E-state index contributed by atoms with van der Waals surface area (Å²) in [6, 6.07) is 5.78. The van der Waals surface area contributed by atoms with Gasteiger partial charge in [-0.2, -0.15) is 0 Å². The molecular formula is C24H28N6O2. The van der Waals surface area contributed by atoms with Crippen LogP contribution in [0.5, 0.6) is 0 Å². The molecule has 3 aromatic rings. The number of nitrogens with zero attached hydrogens (tertiary/aromatic N) is 4. The van der Waals surface area contributed by atoms with Gasteiger partial charge in [-0.3, -0.25) is 9.78 Å². The maximum Gasteiger partial charge on any atom is 0.229 e. The molecule has 1 aliphatic heterocycles. The number of nitrogen functional groups attached to an aromatic ring is 1. The van der Waals surface area contributed by atoms with Crippen molar-refractivity contribution in [1.82, 2.24) is 19.9 Å². The number of nitrogens with one attached hydrogen (secondary N) is 1. The van der Waals surface area contributed by atoms with Crippen LogP contribution in [-0.2, 0) is 9.53 Å². The van der Waals surface area contributed by atoms with Crippen LogP contribution in [0.3, 0.4) is 0 Å². The van der Waals surface area contributed by atoms with E-state index in [-0.39, 0.29) is 17.2 Å². The van der Waals surface area contributed by atoms with E-state index < -0.39 is 0 Å². The van der Waals surface area contributed by atoms with E-state index in [1.165, 1.54) is 0 Å². The van der Waals surface area contributed by atoms with Crippen molar-refractivity contribution in [3.63, 3.8) is 0 Å². The number of fused-ring (bicyclic) bond motifs is 1. The van der Waals surface area contributed by atoms with Crippen LogP contribution in [0.15, 0.2) is 36.8 Å². The molecule has 166 valence electrons. The number of rotatable bonds is 6. The molecule has 2 fully saturated rings. The summed E-state index contributed by atoms with van der Waals surface area (Å²) in [6.45, 7) is 5.67. The first-order valence-electron chi connectivity index (χ1n) is 11.0. The summed E-state index contributed by atoms with van der Waals surface area (Å²) in [5.74, 6) is 1.05. The van der Waals surface area contributed by atoms with Crippen molar-refractivity contribution in [3.05, 3.63) is 42.4 Å². The smallest absolute Gasteiger partial charge is 0.229 e. The Morgan fingerprint density at radius 2 is 2.25 bits per heavy atom. The second-order valence-electron chi connectivity index (χ2n) is 9.00. The first-order chi connectivity index (χ1) is 15.5. The lowest BCUT2D eigenvalue weighted by molar-refractivity contribution is -0.118. The van der Waals surface area contributed by atoms with Gasteiger partial charge < -0.3 is 20.7 Å². The number of likely N-dealkylation sites (tertiary alicyclic amines) is 1. The molecule has 1 amide bonds. The van der Waals surface area contributed by atoms with E-state index in [1.54, 1.807) is 25.7 Å². The Morgan fingerprint density at radius 1 is 1.38 bits per heavy atom. The highest BCUT2D eigenvalue weighted by atomic mass is 16.5. The summed E-state index contributed by atoms with van der Waals surface area (Å²) in [5.41, 5.74) is 9.09. The Kier molecular flexibility index (Phi) is 5.27. The number of methoxy groups -OCH3 is 1. The fourth-order valence-electron chi connectivity index (χ4n) is 4.89. The summed E-state index contributed by atoms with van der Waals surface area (Å²) >= 11 is 0. The van der Waals surface area contributed by atoms with Crippen molar-refractivity contribution >= 4 is 28.3 Å². The zero-order chi connectivity index (χ0) is 22.3. The van der Waals surface area contributed by atoms with Crippen LogP contribution in [-0.4, -0.2) is 59.1 Å². The highest BCUT2D eigenvalue weighted by Gasteiger charge is 2.60. The molecular weight excluding hydrogens is 404 g/mol. The molecule has 1 saturated carbocycles. The van der Waals surface area contributed by atoms with Crippen LogP contribution in [0.4, 0.5) is 11.6 Å². The summed E-state index contributed by atoms with van der Waals surface area (Å²) in [7, 11) is 1.72. The highest BCUT2D eigenvalue weighted by molar-refractivity contribution is 5.98. The van der Waals surface area contributed by atoms with Crippen LogP contribution >= 0.6 is 0 Å². The molecule has 0 bridgehead atoms. The van der Waals surface area contributed by atoms with E-state index in [0.717, 1.165) is 66.7 Å². The van der Waals surface area contributed by atoms with Gasteiger partial charge in [-0.25, -0.2) is 9.97 Å². The zero-order valence-corrected chi connectivity index (χ0v) is 18.5. The second kappa shape index (κ2) is 8.11. The van der Waals surface area contributed by atoms with Gasteiger partial charge in [0.05, 0.1) is 12.3 Å². The lowest BCUT2D eigenvalue weighted by Gasteiger charge is -2.15. The zero-order valence-electron chi connectivity index (χ0n) is 18.5. The number of anilines is 2. The van der Waals surface area contributed by atoms with Gasteiger partial charge in [0.25, 0.3) is 0 Å². The molecule has 2 atom stereocenters. The predicted octanol–water partition coefficient (Wildman–Crippen LogP) is 2.88. The number of nitrogens with two attached hydrogens (primary N) is 1.